The van der Waals surface area contributed by atoms with Crippen LogP contribution in [0.2, 0.25) is 0 Å². The van der Waals surface area contributed by atoms with E-state index in [0.29, 0.717) is 31.2 Å². The Labute approximate surface area is 161 Å². The van der Waals surface area contributed by atoms with Crippen LogP contribution in [-0.4, -0.2) is 68.6 Å². The number of anilines is 1. The van der Waals surface area contributed by atoms with Crippen LogP contribution in [0.5, 0.6) is 0 Å². The van der Waals surface area contributed by atoms with E-state index in [9.17, 15) is 9.18 Å². The fourth-order valence-electron chi connectivity index (χ4n) is 3.86. The molecule has 1 spiro atoms. The van der Waals surface area contributed by atoms with Crippen LogP contribution in [0.3, 0.4) is 0 Å². The van der Waals surface area contributed by atoms with Gasteiger partial charge in [-0.25, -0.2) is 9.18 Å². The third-order valence-corrected chi connectivity index (χ3v) is 5.34. The van der Waals surface area contributed by atoms with Crippen LogP contribution >= 0.6 is 0 Å². The zero-order valence-electron chi connectivity index (χ0n) is 16.1. The van der Waals surface area contributed by atoms with E-state index in [-0.39, 0.29) is 23.9 Å². The third kappa shape index (κ3) is 3.33. The molecule has 2 fully saturated rings. The summed E-state index contributed by atoms with van der Waals surface area (Å²) in [6.45, 7) is 7.13. The van der Waals surface area contributed by atoms with Gasteiger partial charge in [0.15, 0.2) is 5.82 Å². The third-order valence-electron chi connectivity index (χ3n) is 5.34. The van der Waals surface area contributed by atoms with Crippen molar-refractivity contribution in [3.63, 3.8) is 0 Å². The lowest BCUT2D eigenvalue weighted by Crippen LogP contribution is -2.60. The van der Waals surface area contributed by atoms with Crippen molar-refractivity contribution in [2.45, 2.75) is 45.0 Å². The number of nitrogens with one attached hydrogen (secondary N) is 1. The van der Waals surface area contributed by atoms with Crippen molar-refractivity contribution in [1.29, 1.82) is 0 Å². The van der Waals surface area contributed by atoms with Crippen LogP contribution in [0.1, 0.15) is 26.1 Å². The number of halogens is 1. The minimum absolute atomic E-state index is 0.0780. The van der Waals surface area contributed by atoms with Crippen LogP contribution in [0.25, 0.3) is 5.69 Å². The number of carbonyl (C=O) groups excluding carboxylic acids is 1. The Bertz CT molecular complexity index is 890. The first-order chi connectivity index (χ1) is 13.4. The molecule has 0 radical (unpaired) electrons. The van der Waals surface area contributed by atoms with Gasteiger partial charge in [-0.15, -0.1) is 5.10 Å². The van der Waals surface area contributed by atoms with E-state index in [1.54, 1.807) is 11.8 Å². The highest BCUT2D eigenvalue weighted by Crippen LogP contribution is 2.35. The lowest BCUT2D eigenvalue weighted by Gasteiger charge is -2.44. The average Bonchev–Trinajstić information content (AvgIpc) is 3.22. The Morgan fingerprint density at radius 1 is 1.39 bits per heavy atom. The van der Waals surface area contributed by atoms with Crippen molar-refractivity contribution < 1.29 is 18.7 Å². The Balaban J connectivity index is 1.53. The van der Waals surface area contributed by atoms with Gasteiger partial charge in [0.1, 0.15) is 17.1 Å². The molecule has 1 aromatic heterocycles. The van der Waals surface area contributed by atoms with E-state index < -0.39 is 11.4 Å². The van der Waals surface area contributed by atoms with Gasteiger partial charge in [-0.2, -0.15) is 4.68 Å². The molecule has 9 nitrogen and oxygen atoms in total. The number of carbonyl (C=O) groups is 1. The molecule has 0 aliphatic carbocycles. The number of tetrazole rings is 1. The molecule has 0 saturated carbocycles. The Morgan fingerprint density at radius 2 is 2.21 bits per heavy atom. The molecule has 3 atom stereocenters. The molecule has 150 valence electrons. The smallest absolute Gasteiger partial charge is 0.322 e. The summed E-state index contributed by atoms with van der Waals surface area (Å²) in [5, 5.41) is 13.9. The minimum Gasteiger partial charge on any atom is -0.375 e. The fourth-order valence-corrected chi connectivity index (χ4v) is 3.86. The first-order valence-electron chi connectivity index (χ1n) is 9.28. The molecule has 10 heteroatoms. The second kappa shape index (κ2) is 7.10. The molecule has 2 saturated heterocycles. The average molecular weight is 390 g/mol. The first kappa shape index (κ1) is 18.8. The molecule has 2 aliphatic heterocycles. The molecule has 2 aromatic rings. The topological polar surface area (TPSA) is 94.4 Å². The van der Waals surface area contributed by atoms with Gasteiger partial charge in [-0.3, -0.25) is 0 Å². The van der Waals surface area contributed by atoms with Gasteiger partial charge in [0.05, 0.1) is 18.8 Å². The number of rotatable bonds is 2. The summed E-state index contributed by atoms with van der Waals surface area (Å²) in [4.78, 5) is 14.6. The quantitative estimate of drug-likeness (QED) is 0.842. The lowest BCUT2D eigenvalue weighted by atomic mass is 9.93. The molecule has 3 heterocycles. The summed E-state index contributed by atoms with van der Waals surface area (Å²) < 4.78 is 27.3. The van der Waals surface area contributed by atoms with E-state index in [1.165, 1.54) is 22.9 Å². The van der Waals surface area contributed by atoms with Gasteiger partial charge in [0, 0.05) is 25.3 Å². The second-order valence-electron chi connectivity index (χ2n) is 7.37. The predicted octanol–water partition coefficient (Wildman–Crippen LogP) is 1.91. The molecule has 0 bridgehead atoms. The van der Waals surface area contributed by atoms with Crippen molar-refractivity contribution in [3.8, 4) is 5.69 Å². The number of hydrogen-bond donors (Lipinski definition) is 1. The molecule has 2 amide bonds. The number of aryl methyl sites for hydroxylation is 1. The molecule has 3 unspecified atom stereocenters. The van der Waals surface area contributed by atoms with Gasteiger partial charge in [-0.05, 0) is 49.4 Å². The molecule has 1 aromatic carbocycles. The van der Waals surface area contributed by atoms with Crippen molar-refractivity contribution in [1.82, 2.24) is 25.1 Å². The summed E-state index contributed by atoms with van der Waals surface area (Å²) in [5.74, 6) is -0.0363. The fraction of sp³-hybridized carbons (Fsp3) is 0.556. The Hall–Kier alpha value is -2.59. The highest BCUT2D eigenvalue weighted by molar-refractivity contribution is 5.89. The van der Waals surface area contributed by atoms with Crippen molar-refractivity contribution in [3.05, 3.63) is 29.8 Å². The Kier molecular flexibility index (Phi) is 4.76. The monoisotopic (exact) mass is 390 g/mol. The molecule has 1 N–H and O–H groups in total. The molecule has 2 aliphatic rings. The van der Waals surface area contributed by atoms with Crippen LogP contribution in [-0.2, 0) is 9.47 Å². The summed E-state index contributed by atoms with van der Waals surface area (Å²) in [5.41, 5.74) is 0.150. The van der Waals surface area contributed by atoms with Crippen LogP contribution in [0.15, 0.2) is 18.2 Å². The second-order valence-corrected chi connectivity index (χ2v) is 7.37. The van der Waals surface area contributed by atoms with Crippen molar-refractivity contribution >= 4 is 11.7 Å². The number of amides is 2. The number of urea groups is 1. The normalized spacial score (nSPS) is 27.4. The van der Waals surface area contributed by atoms with E-state index >= 15 is 0 Å². The van der Waals surface area contributed by atoms with E-state index in [0.717, 1.165) is 6.42 Å². The van der Waals surface area contributed by atoms with Crippen LogP contribution in [0.4, 0.5) is 14.9 Å². The summed E-state index contributed by atoms with van der Waals surface area (Å²) in [7, 11) is 0. The number of benzene rings is 1. The maximum absolute atomic E-state index is 14.2. The summed E-state index contributed by atoms with van der Waals surface area (Å²) >= 11 is 0. The first-order valence-corrected chi connectivity index (χ1v) is 9.28. The van der Waals surface area contributed by atoms with Gasteiger partial charge in [0.25, 0.3) is 0 Å². The molecule has 28 heavy (non-hydrogen) atoms. The van der Waals surface area contributed by atoms with E-state index in [4.69, 9.17) is 9.47 Å². The van der Waals surface area contributed by atoms with Crippen LogP contribution < -0.4 is 5.32 Å². The van der Waals surface area contributed by atoms with Gasteiger partial charge < -0.3 is 19.7 Å². The highest BCUT2D eigenvalue weighted by Gasteiger charge is 2.48. The van der Waals surface area contributed by atoms with E-state index in [1.807, 2.05) is 13.8 Å². The molecular formula is C18H23FN6O3. The zero-order valence-corrected chi connectivity index (χ0v) is 16.1. The zero-order chi connectivity index (χ0) is 19.9. The van der Waals surface area contributed by atoms with Crippen molar-refractivity contribution in [2.75, 3.05) is 25.0 Å². The van der Waals surface area contributed by atoms with Gasteiger partial charge in [0.2, 0.25) is 0 Å². The maximum Gasteiger partial charge on any atom is 0.322 e. The lowest BCUT2D eigenvalue weighted by molar-refractivity contribution is -0.159. The van der Waals surface area contributed by atoms with E-state index in [2.05, 4.69) is 20.8 Å². The largest absolute Gasteiger partial charge is 0.375 e. The predicted molar refractivity (Wildman–Crippen MR) is 97.7 cm³/mol. The van der Waals surface area contributed by atoms with Gasteiger partial charge in [-0.1, -0.05) is 0 Å². The number of aromatic nitrogens is 4. The number of morpholine rings is 1. The number of hydrogen-bond acceptors (Lipinski definition) is 6. The summed E-state index contributed by atoms with van der Waals surface area (Å²) in [6, 6.07) is 4.04. The van der Waals surface area contributed by atoms with Crippen molar-refractivity contribution in [2.24, 2.45) is 0 Å². The maximum atomic E-state index is 14.2. The minimum atomic E-state index is -0.482. The number of ether oxygens (including phenoxy) is 2. The molecular weight excluding hydrogens is 367 g/mol. The van der Waals surface area contributed by atoms with Crippen LogP contribution in [0, 0.1) is 12.7 Å². The standard InChI is InChI=1S/C18H23FN6O3/c1-11-9-24(10-18(28-11)6-7-27-12(18)2)17(26)20-14-4-5-15(19)16(8-14)25-13(3)21-22-23-25/h4-5,8,11-12H,6-7,9-10H2,1-3H3,(H,20,26). The SMILES string of the molecule is Cc1nnnn1-c1cc(NC(=O)N2CC(C)OC3(CCOC3C)C2)ccc1F. The molecule has 4 rings (SSSR count). The Morgan fingerprint density at radius 3 is 2.89 bits per heavy atom. The highest BCUT2D eigenvalue weighted by atomic mass is 19.1. The van der Waals surface area contributed by atoms with Gasteiger partial charge >= 0.3 is 6.03 Å². The number of nitrogens with zero attached hydrogens (tertiary/aromatic N) is 5. The summed E-state index contributed by atoms with van der Waals surface area (Å²) in [6.07, 6.45) is 0.573.